The number of carbonyl (C=O) groups excluding carboxylic acids is 1. The average Bonchev–Trinajstić information content (AvgIpc) is 2.14. The molecule has 0 atom stereocenters. The van der Waals surface area contributed by atoms with E-state index in [9.17, 15) is 4.79 Å². The van der Waals surface area contributed by atoms with E-state index in [2.05, 4.69) is 13.0 Å². The molecule has 2 nitrogen and oxygen atoms in total. The first-order valence-electron chi connectivity index (χ1n) is 4.26. The monoisotopic (exact) mass is 269 g/mol. The third-order valence-corrected chi connectivity index (χ3v) is 1.91. The van der Waals surface area contributed by atoms with Gasteiger partial charge in [0.1, 0.15) is 0 Å². The Morgan fingerprint density at radius 1 is 1.43 bits per heavy atom. The largest absolute Gasteiger partial charge is 0.520 e. The summed E-state index contributed by atoms with van der Waals surface area (Å²) in [5, 5.41) is 0. The topological polar surface area (TPSA) is 26.3 Å². The van der Waals surface area contributed by atoms with Gasteiger partial charge in [-0.15, -0.1) is 19.4 Å². The molecule has 0 bridgehead atoms. The van der Waals surface area contributed by atoms with Crippen LogP contribution in [-0.2, 0) is 42.2 Å². The van der Waals surface area contributed by atoms with Gasteiger partial charge in [0.15, 0.2) is 0 Å². The fraction of sp³-hybridized carbons (Fsp3) is 0.455. The standard InChI is InChI=1S/C11H16O2.Y/c1-6-8(3)9(4)10(5)11(12)13-7-2;/h5,7H2,1-4H3;/q-2;/b10-9+;. The molecule has 0 aliphatic heterocycles. The van der Waals surface area contributed by atoms with Gasteiger partial charge in [0, 0.05) is 32.7 Å². The quantitative estimate of drug-likeness (QED) is 0.340. The molecule has 77 valence electrons. The van der Waals surface area contributed by atoms with Crippen molar-refractivity contribution in [2.75, 3.05) is 6.61 Å². The zero-order valence-corrected chi connectivity index (χ0v) is 12.1. The molecule has 0 saturated carbocycles. The van der Waals surface area contributed by atoms with Crippen molar-refractivity contribution in [3.63, 3.8) is 0 Å². The first kappa shape index (κ1) is 16.4. The number of allylic oxidation sites excluding steroid dienone is 3. The smallest absolute Gasteiger partial charge is 0.214 e. The van der Waals surface area contributed by atoms with E-state index < -0.39 is 0 Å². The van der Waals surface area contributed by atoms with Crippen LogP contribution in [0.1, 0.15) is 27.7 Å². The van der Waals surface area contributed by atoms with Crippen molar-refractivity contribution in [3.8, 4) is 0 Å². The molecule has 0 spiro atoms. The molecule has 0 aromatic heterocycles. The summed E-state index contributed by atoms with van der Waals surface area (Å²) < 4.78 is 4.82. The van der Waals surface area contributed by atoms with Crippen molar-refractivity contribution < 1.29 is 42.2 Å². The second-order valence-electron chi connectivity index (χ2n) is 2.70. The van der Waals surface area contributed by atoms with Gasteiger partial charge in [0.25, 0.3) is 0 Å². The number of hydrogen-bond acceptors (Lipinski definition) is 2. The fourth-order valence-corrected chi connectivity index (χ4v) is 0.785. The summed E-state index contributed by atoms with van der Waals surface area (Å²) in [5.74, 6) is -0.352. The van der Waals surface area contributed by atoms with E-state index in [1.165, 1.54) is 0 Å². The Kier molecular flexibility index (Phi) is 9.64. The first-order chi connectivity index (χ1) is 6.04. The van der Waals surface area contributed by atoms with E-state index in [1.807, 2.05) is 13.8 Å². The van der Waals surface area contributed by atoms with E-state index in [1.54, 1.807) is 13.8 Å². The Labute approximate surface area is 112 Å². The van der Waals surface area contributed by atoms with Crippen LogP contribution in [0.5, 0.6) is 0 Å². The van der Waals surface area contributed by atoms with Gasteiger partial charge in [-0.2, -0.15) is 6.92 Å². The van der Waals surface area contributed by atoms with E-state index >= 15 is 0 Å². The fourth-order valence-electron chi connectivity index (χ4n) is 0.785. The molecule has 14 heavy (non-hydrogen) atoms. The molecule has 0 aliphatic rings. The van der Waals surface area contributed by atoms with Gasteiger partial charge in [0.05, 0.1) is 6.61 Å². The minimum atomic E-state index is -0.352. The minimum absolute atomic E-state index is 0. The second-order valence-corrected chi connectivity index (χ2v) is 2.70. The van der Waals surface area contributed by atoms with Crippen LogP contribution in [0.2, 0.25) is 0 Å². The average molecular weight is 269 g/mol. The van der Waals surface area contributed by atoms with Crippen LogP contribution < -0.4 is 0 Å². The summed E-state index contributed by atoms with van der Waals surface area (Å²) in [6.07, 6.45) is 2.95. The molecule has 0 fully saturated rings. The van der Waals surface area contributed by atoms with E-state index in [0.29, 0.717) is 12.2 Å². The van der Waals surface area contributed by atoms with Crippen molar-refractivity contribution in [1.82, 2.24) is 0 Å². The Bertz CT molecular complexity index is 252. The molecular weight excluding hydrogens is 253 g/mol. The summed E-state index contributed by atoms with van der Waals surface area (Å²) in [7, 11) is 0. The number of hydrogen-bond donors (Lipinski definition) is 0. The Hall–Kier alpha value is -0.0761. The van der Waals surface area contributed by atoms with Crippen LogP contribution >= 0.6 is 0 Å². The molecule has 3 heteroatoms. The summed E-state index contributed by atoms with van der Waals surface area (Å²) in [4.78, 5) is 11.2. The SMILES string of the molecule is [CH2-]/C(C(=O)OCC)=C(/C)C(C)=[C-]C.[Y]. The van der Waals surface area contributed by atoms with Gasteiger partial charge < -0.3 is 9.53 Å². The summed E-state index contributed by atoms with van der Waals surface area (Å²) in [6, 6.07) is 0. The zero-order chi connectivity index (χ0) is 10.4. The van der Waals surface area contributed by atoms with Crippen LogP contribution in [0.15, 0.2) is 16.7 Å². The van der Waals surface area contributed by atoms with E-state index in [-0.39, 0.29) is 38.7 Å². The molecule has 0 heterocycles. The van der Waals surface area contributed by atoms with E-state index in [0.717, 1.165) is 11.1 Å². The number of esters is 1. The molecule has 0 aromatic rings. The summed E-state index contributed by atoms with van der Waals surface area (Å²) in [6.45, 7) is 11.4. The van der Waals surface area contributed by atoms with Crippen LogP contribution in [0, 0.1) is 13.0 Å². The molecule has 0 saturated heterocycles. The summed E-state index contributed by atoms with van der Waals surface area (Å²) >= 11 is 0. The molecule has 1 radical (unpaired) electrons. The predicted molar refractivity (Wildman–Crippen MR) is 52.8 cm³/mol. The van der Waals surface area contributed by atoms with Gasteiger partial charge in [-0.1, -0.05) is 6.92 Å². The third-order valence-electron chi connectivity index (χ3n) is 1.91. The molecule has 0 unspecified atom stereocenters. The van der Waals surface area contributed by atoms with Crippen molar-refractivity contribution in [2.45, 2.75) is 27.7 Å². The molecule has 0 amide bonds. The van der Waals surface area contributed by atoms with Crippen LogP contribution in [0.25, 0.3) is 0 Å². The molecule has 0 aliphatic carbocycles. The van der Waals surface area contributed by atoms with Crippen molar-refractivity contribution in [3.05, 3.63) is 29.7 Å². The zero-order valence-electron chi connectivity index (χ0n) is 9.31. The predicted octanol–water partition coefficient (Wildman–Crippen LogP) is 2.47. The van der Waals surface area contributed by atoms with Crippen LogP contribution in [0.3, 0.4) is 0 Å². The number of rotatable bonds is 3. The molecule has 0 aromatic carbocycles. The molecule has 0 N–H and O–H groups in total. The van der Waals surface area contributed by atoms with Crippen LogP contribution in [0.4, 0.5) is 0 Å². The second kappa shape index (κ2) is 8.25. The molecule has 0 rings (SSSR count). The maximum Gasteiger partial charge on any atom is 0.214 e. The van der Waals surface area contributed by atoms with Gasteiger partial charge in [-0.25, -0.2) is 11.1 Å². The van der Waals surface area contributed by atoms with Crippen molar-refractivity contribution >= 4 is 5.97 Å². The maximum absolute atomic E-state index is 11.2. The Morgan fingerprint density at radius 2 is 1.93 bits per heavy atom. The van der Waals surface area contributed by atoms with E-state index in [4.69, 9.17) is 4.74 Å². The maximum atomic E-state index is 11.2. The van der Waals surface area contributed by atoms with Crippen molar-refractivity contribution in [2.24, 2.45) is 0 Å². The number of ether oxygens (including phenoxy) is 1. The normalized spacial score (nSPS) is 12.7. The van der Waals surface area contributed by atoms with Gasteiger partial charge in [0.2, 0.25) is 5.97 Å². The molecular formula is C11H16O2Y-2. The van der Waals surface area contributed by atoms with Crippen LogP contribution in [-0.4, -0.2) is 12.6 Å². The van der Waals surface area contributed by atoms with Crippen molar-refractivity contribution in [1.29, 1.82) is 0 Å². The minimum Gasteiger partial charge on any atom is -0.520 e. The first-order valence-corrected chi connectivity index (χ1v) is 4.26. The number of carbonyl (C=O) groups is 1. The summed E-state index contributed by atoms with van der Waals surface area (Å²) in [5.41, 5.74) is 2.17. The van der Waals surface area contributed by atoms with Gasteiger partial charge in [-0.3, -0.25) is 6.08 Å². The third kappa shape index (κ3) is 4.97. The van der Waals surface area contributed by atoms with Gasteiger partial charge >= 0.3 is 0 Å². The van der Waals surface area contributed by atoms with Gasteiger partial charge in [-0.05, 0) is 6.92 Å². The Morgan fingerprint density at radius 3 is 2.29 bits per heavy atom. The Balaban J connectivity index is 0.